The van der Waals surface area contributed by atoms with Crippen LogP contribution in [0.1, 0.15) is 39.5 Å². The molecule has 0 aromatic carbocycles. The van der Waals surface area contributed by atoms with Crippen LogP contribution in [-0.2, 0) is 61.9 Å². The molecule has 1 fully saturated rings. The lowest BCUT2D eigenvalue weighted by molar-refractivity contribution is -0.168. The van der Waals surface area contributed by atoms with Crippen molar-refractivity contribution in [1.82, 2.24) is 0 Å². The molecule has 1 aliphatic heterocycles. The molecule has 2 N–H and O–H groups in total. The lowest BCUT2D eigenvalue weighted by Crippen LogP contribution is -2.38. The number of rotatable bonds is 21. The Hall–Kier alpha value is -3.14. The molecule has 0 bridgehead atoms. The van der Waals surface area contributed by atoms with E-state index in [1.165, 1.54) is 13.8 Å². The van der Waals surface area contributed by atoms with E-state index in [2.05, 4.69) is 9.47 Å². The molecule has 0 saturated carbocycles. The van der Waals surface area contributed by atoms with Gasteiger partial charge in [0.05, 0.1) is 76.8 Å². The predicted octanol–water partition coefficient (Wildman–Crippen LogP) is -0.637. The third-order valence-corrected chi connectivity index (χ3v) is 6.46. The number of carbonyl (C=O) groups is 6. The summed E-state index contributed by atoms with van der Waals surface area (Å²) >= 11 is 0. The number of aliphatic hydroxyl groups excluding tert-OH is 2. The summed E-state index contributed by atoms with van der Waals surface area (Å²) in [7, 11) is 3.24. The largest absolute Gasteiger partial charge is 0.469 e. The molecule has 0 aromatic rings. The Labute approximate surface area is 244 Å². The van der Waals surface area contributed by atoms with E-state index in [1.807, 2.05) is 0 Å². The minimum Gasteiger partial charge on any atom is -0.469 e. The first-order valence-electron chi connectivity index (χ1n) is 13.5. The molecule has 1 heterocycles. The Balaban J connectivity index is 3.10. The number of Topliss-reactive ketones (excluding diaryl/α,β-unsaturated/α-hetero) is 1. The summed E-state index contributed by atoms with van der Waals surface area (Å²) in [4.78, 5) is 75.8. The molecule has 15 heteroatoms. The number of carbonyl (C=O) groups excluding carboxylic acids is 6. The molecular weight excluding hydrogens is 564 g/mol. The number of aliphatic hydroxyl groups is 2. The summed E-state index contributed by atoms with van der Waals surface area (Å²) in [6.45, 7) is 2.50. The van der Waals surface area contributed by atoms with Gasteiger partial charge in [-0.2, -0.15) is 0 Å². The zero-order valence-electron chi connectivity index (χ0n) is 24.6. The number of ether oxygens (including phenoxy) is 7. The average Bonchev–Trinajstić information content (AvgIpc) is 3.80. The van der Waals surface area contributed by atoms with Gasteiger partial charge in [0.2, 0.25) is 0 Å². The van der Waals surface area contributed by atoms with E-state index in [-0.39, 0.29) is 12.7 Å². The Morgan fingerprint density at radius 2 is 1.29 bits per heavy atom. The molecule has 7 unspecified atom stereocenters. The van der Waals surface area contributed by atoms with Gasteiger partial charge in [-0.3, -0.25) is 28.8 Å². The van der Waals surface area contributed by atoms with Crippen molar-refractivity contribution in [3.8, 4) is 0 Å². The molecule has 15 nitrogen and oxygen atoms in total. The number of methoxy groups -OCH3 is 3. The molecule has 0 aromatic heterocycles. The van der Waals surface area contributed by atoms with E-state index >= 15 is 0 Å². The molecule has 1 saturated heterocycles. The zero-order valence-corrected chi connectivity index (χ0v) is 24.6. The Kier molecular flexibility index (Phi) is 16.8. The van der Waals surface area contributed by atoms with Gasteiger partial charge in [-0.15, -0.1) is 0 Å². The van der Waals surface area contributed by atoms with Crippen LogP contribution in [0.2, 0.25) is 0 Å². The van der Waals surface area contributed by atoms with Crippen LogP contribution < -0.4 is 0 Å². The number of epoxide rings is 1. The molecule has 0 amide bonds. The highest BCUT2D eigenvalue weighted by Crippen LogP contribution is 2.28. The maximum Gasteiger partial charge on any atom is 0.310 e. The highest BCUT2D eigenvalue weighted by molar-refractivity contribution is 5.92. The van der Waals surface area contributed by atoms with E-state index in [9.17, 15) is 39.0 Å². The van der Waals surface area contributed by atoms with Gasteiger partial charge in [0.15, 0.2) is 0 Å². The third-order valence-electron chi connectivity index (χ3n) is 6.46. The van der Waals surface area contributed by atoms with Crippen LogP contribution in [0.25, 0.3) is 0 Å². The van der Waals surface area contributed by atoms with Gasteiger partial charge >= 0.3 is 29.8 Å². The smallest absolute Gasteiger partial charge is 0.310 e. The van der Waals surface area contributed by atoms with Crippen molar-refractivity contribution >= 4 is 35.6 Å². The van der Waals surface area contributed by atoms with E-state index in [0.29, 0.717) is 19.6 Å². The predicted molar refractivity (Wildman–Crippen MR) is 139 cm³/mol. The molecule has 42 heavy (non-hydrogen) atoms. The second-order valence-electron chi connectivity index (χ2n) is 9.96. The summed E-state index contributed by atoms with van der Waals surface area (Å²) in [5, 5.41) is 19.7. The van der Waals surface area contributed by atoms with Crippen molar-refractivity contribution in [1.29, 1.82) is 0 Å². The fourth-order valence-electron chi connectivity index (χ4n) is 3.89. The normalized spacial score (nSPS) is 18.3. The van der Waals surface area contributed by atoms with Gasteiger partial charge in [0.25, 0.3) is 0 Å². The molecule has 0 spiro atoms. The van der Waals surface area contributed by atoms with Crippen molar-refractivity contribution in [2.24, 2.45) is 23.7 Å². The van der Waals surface area contributed by atoms with Crippen molar-refractivity contribution < 1.29 is 72.1 Å². The van der Waals surface area contributed by atoms with Gasteiger partial charge in [-0.25, -0.2) is 0 Å². The first-order valence-corrected chi connectivity index (χ1v) is 13.5. The fourth-order valence-corrected chi connectivity index (χ4v) is 3.89. The Bertz CT molecular complexity index is 913. The van der Waals surface area contributed by atoms with E-state index < -0.39 is 104 Å². The first-order chi connectivity index (χ1) is 19.8. The number of ketones is 1. The average molecular weight is 607 g/mol. The van der Waals surface area contributed by atoms with Crippen molar-refractivity contribution in [2.75, 3.05) is 54.4 Å². The highest BCUT2D eigenvalue weighted by Gasteiger charge is 2.41. The maximum absolute atomic E-state index is 13.1. The van der Waals surface area contributed by atoms with Gasteiger partial charge in [-0.1, -0.05) is 6.92 Å². The fraction of sp³-hybridized carbons (Fsp3) is 0.778. The lowest BCUT2D eigenvalue weighted by Gasteiger charge is -2.25. The van der Waals surface area contributed by atoms with E-state index in [1.54, 1.807) is 0 Å². The molecule has 1 aliphatic rings. The first kappa shape index (κ1) is 36.9. The Morgan fingerprint density at radius 3 is 1.81 bits per heavy atom. The summed E-state index contributed by atoms with van der Waals surface area (Å²) in [6.07, 6.45) is -3.48. The number of hydrogen-bond acceptors (Lipinski definition) is 15. The third kappa shape index (κ3) is 13.7. The molecule has 0 aliphatic carbocycles. The molecule has 0 radical (unpaired) electrons. The topological polar surface area (TPSA) is 211 Å². The highest BCUT2D eigenvalue weighted by atomic mass is 16.6. The maximum atomic E-state index is 13.1. The minimum atomic E-state index is -1.61. The standard InChI is InChI=1S/C27H42O15/c1-15(28)11-41-26(34)21(9-17(29)8-20(25(33)38-5)16(2)24(32)37-4)22(10-23(31)36-3)27(35)42-13-18(30)12-39-7-6-19-14-40-19/h15-16,18-22,28,30H,6-14H2,1-5H3. The van der Waals surface area contributed by atoms with Crippen LogP contribution in [0.4, 0.5) is 0 Å². The van der Waals surface area contributed by atoms with Crippen LogP contribution in [0.15, 0.2) is 0 Å². The van der Waals surface area contributed by atoms with Gasteiger partial charge < -0.3 is 43.4 Å². The lowest BCUT2D eigenvalue weighted by atomic mass is 9.82. The van der Waals surface area contributed by atoms with Crippen molar-refractivity contribution in [2.45, 2.75) is 57.8 Å². The van der Waals surface area contributed by atoms with Crippen molar-refractivity contribution in [3.63, 3.8) is 0 Å². The molecule has 1 rings (SSSR count). The zero-order chi connectivity index (χ0) is 31.8. The quantitative estimate of drug-likeness (QED) is 0.0720. The molecular formula is C27H42O15. The summed E-state index contributed by atoms with van der Waals surface area (Å²) < 4.78 is 34.6. The van der Waals surface area contributed by atoms with E-state index in [0.717, 1.165) is 21.3 Å². The summed E-state index contributed by atoms with van der Waals surface area (Å²) in [5.74, 6) is -11.1. The van der Waals surface area contributed by atoms with Crippen LogP contribution >= 0.6 is 0 Å². The van der Waals surface area contributed by atoms with Crippen LogP contribution in [0.3, 0.4) is 0 Å². The second kappa shape index (κ2) is 19.1. The van der Waals surface area contributed by atoms with Crippen LogP contribution in [0, 0.1) is 23.7 Å². The van der Waals surface area contributed by atoms with E-state index in [4.69, 9.17) is 23.7 Å². The monoisotopic (exact) mass is 606 g/mol. The number of hydrogen-bond donors (Lipinski definition) is 2. The summed E-state index contributed by atoms with van der Waals surface area (Å²) in [5.41, 5.74) is 0. The molecule has 7 atom stereocenters. The molecule has 240 valence electrons. The number of esters is 5. The van der Waals surface area contributed by atoms with Crippen LogP contribution in [-0.4, -0.2) is 119 Å². The van der Waals surface area contributed by atoms with Gasteiger partial charge in [-0.05, 0) is 13.3 Å². The van der Waals surface area contributed by atoms with Gasteiger partial charge in [0.1, 0.15) is 25.1 Å². The van der Waals surface area contributed by atoms with Crippen molar-refractivity contribution in [3.05, 3.63) is 0 Å². The summed E-state index contributed by atoms with van der Waals surface area (Å²) in [6, 6.07) is 0. The Morgan fingerprint density at radius 1 is 0.738 bits per heavy atom. The second-order valence-corrected chi connectivity index (χ2v) is 9.96. The minimum absolute atomic E-state index is 0.138. The van der Waals surface area contributed by atoms with Gasteiger partial charge in [0, 0.05) is 19.4 Å². The van der Waals surface area contributed by atoms with Crippen LogP contribution in [0.5, 0.6) is 0 Å². The SMILES string of the molecule is COC(=O)CC(C(=O)OCC(O)COCCC1CO1)C(CC(=O)CC(C(=O)OC)C(C)C(=O)OC)C(=O)OCC(C)O.